The van der Waals surface area contributed by atoms with Gasteiger partial charge in [-0.15, -0.1) is 0 Å². The summed E-state index contributed by atoms with van der Waals surface area (Å²) in [6, 6.07) is 15.5. The summed E-state index contributed by atoms with van der Waals surface area (Å²) < 4.78 is 16.6. The molecule has 1 unspecified atom stereocenters. The Morgan fingerprint density at radius 3 is 2.18 bits per heavy atom. The smallest absolute Gasteiger partial charge is 0.203 e. The minimum Gasteiger partial charge on any atom is -0.493 e. The third-order valence-electron chi connectivity index (χ3n) is 6.42. The Balaban J connectivity index is 2.02. The number of Topliss-reactive ketones (excluding diaryl/α,β-unsaturated/α-hetero) is 1. The zero-order valence-electron chi connectivity index (χ0n) is 20.1. The first-order valence-corrected chi connectivity index (χ1v) is 11.1. The minimum absolute atomic E-state index is 0.00572. The quantitative estimate of drug-likeness (QED) is 0.695. The second kappa shape index (κ2) is 8.79. The molecular formula is C27H29N3O4. The van der Waals surface area contributed by atoms with Gasteiger partial charge in [0.05, 0.1) is 38.9 Å². The highest BCUT2D eigenvalue weighted by Gasteiger charge is 2.45. The molecule has 1 aliphatic carbocycles. The van der Waals surface area contributed by atoms with Crippen molar-refractivity contribution in [3.63, 3.8) is 0 Å². The maximum atomic E-state index is 13.7. The summed E-state index contributed by atoms with van der Waals surface area (Å²) in [4.78, 5) is 15.5. The van der Waals surface area contributed by atoms with Gasteiger partial charge < -0.3 is 19.9 Å². The van der Waals surface area contributed by atoms with E-state index in [1.807, 2.05) is 35.2 Å². The van der Waals surface area contributed by atoms with Crippen molar-refractivity contribution in [3.8, 4) is 23.3 Å². The first-order chi connectivity index (χ1) is 16.3. The molecule has 2 aliphatic rings. The lowest BCUT2D eigenvalue weighted by atomic mass is 9.68. The Morgan fingerprint density at radius 2 is 1.65 bits per heavy atom. The fourth-order valence-electron chi connectivity index (χ4n) is 4.98. The predicted molar refractivity (Wildman–Crippen MR) is 130 cm³/mol. The normalized spacial score (nSPS) is 19.5. The van der Waals surface area contributed by atoms with Gasteiger partial charge in [0.15, 0.2) is 17.3 Å². The number of para-hydroxylation sites is 1. The SMILES string of the molecule is COc1cc(C2C(C#N)=C(N)N(c3ccccc3)C3=C2C(=O)CC(C)(C)C3)cc(OC)c1OC. The number of anilines is 1. The van der Waals surface area contributed by atoms with Crippen molar-refractivity contribution in [1.29, 1.82) is 5.26 Å². The molecule has 0 bridgehead atoms. The monoisotopic (exact) mass is 459 g/mol. The molecule has 2 N–H and O–H groups in total. The summed E-state index contributed by atoms with van der Waals surface area (Å²) in [6.07, 6.45) is 1.03. The third-order valence-corrected chi connectivity index (χ3v) is 6.42. The van der Waals surface area contributed by atoms with Crippen LogP contribution in [0.2, 0.25) is 0 Å². The third kappa shape index (κ3) is 3.75. The maximum absolute atomic E-state index is 13.7. The fraction of sp³-hybridized carbons (Fsp3) is 0.333. The Hall–Kier alpha value is -3.92. The maximum Gasteiger partial charge on any atom is 0.203 e. The average Bonchev–Trinajstić information content (AvgIpc) is 2.82. The van der Waals surface area contributed by atoms with Crippen LogP contribution < -0.4 is 24.8 Å². The highest BCUT2D eigenvalue weighted by Crippen LogP contribution is 2.52. The molecule has 1 aliphatic heterocycles. The summed E-state index contributed by atoms with van der Waals surface area (Å²) >= 11 is 0. The second-order valence-corrected chi connectivity index (χ2v) is 9.27. The number of allylic oxidation sites excluding steroid dienone is 3. The average molecular weight is 460 g/mol. The summed E-state index contributed by atoms with van der Waals surface area (Å²) in [6.45, 7) is 4.15. The minimum atomic E-state index is -0.641. The number of methoxy groups -OCH3 is 3. The molecule has 0 spiro atoms. The Bertz CT molecular complexity index is 1210. The van der Waals surface area contributed by atoms with E-state index >= 15 is 0 Å². The van der Waals surface area contributed by atoms with E-state index in [4.69, 9.17) is 19.9 Å². The molecule has 7 heteroatoms. The molecule has 2 aromatic rings. The molecule has 0 radical (unpaired) electrons. The molecule has 0 aromatic heterocycles. The van der Waals surface area contributed by atoms with Gasteiger partial charge in [-0.2, -0.15) is 5.26 Å². The number of hydrogen-bond acceptors (Lipinski definition) is 7. The van der Waals surface area contributed by atoms with Gasteiger partial charge >= 0.3 is 0 Å². The molecule has 0 saturated carbocycles. The van der Waals surface area contributed by atoms with E-state index < -0.39 is 5.92 Å². The van der Waals surface area contributed by atoms with E-state index in [0.29, 0.717) is 52.6 Å². The van der Waals surface area contributed by atoms with Crippen molar-refractivity contribution in [1.82, 2.24) is 0 Å². The molecule has 4 rings (SSSR count). The molecule has 1 atom stereocenters. The lowest BCUT2D eigenvalue weighted by Crippen LogP contribution is -2.42. The van der Waals surface area contributed by atoms with E-state index in [9.17, 15) is 10.1 Å². The zero-order valence-corrected chi connectivity index (χ0v) is 20.1. The van der Waals surface area contributed by atoms with Gasteiger partial charge in [-0.3, -0.25) is 9.69 Å². The van der Waals surface area contributed by atoms with E-state index in [1.54, 1.807) is 12.1 Å². The van der Waals surface area contributed by atoms with Gasteiger partial charge in [0.1, 0.15) is 5.82 Å². The lowest BCUT2D eigenvalue weighted by Gasteiger charge is -2.43. The number of nitrogens with two attached hydrogens (primary N) is 1. The number of rotatable bonds is 5. The highest BCUT2D eigenvalue weighted by molar-refractivity contribution is 6.01. The van der Waals surface area contributed by atoms with Gasteiger partial charge in [0.25, 0.3) is 0 Å². The first kappa shape index (κ1) is 23.2. The number of benzene rings is 2. The van der Waals surface area contributed by atoms with Crippen LogP contribution in [-0.4, -0.2) is 27.1 Å². The Kier molecular flexibility index (Phi) is 6.01. The number of ketones is 1. The van der Waals surface area contributed by atoms with Crippen molar-refractivity contribution in [2.75, 3.05) is 26.2 Å². The number of carbonyl (C=O) groups excluding carboxylic acids is 1. The number of nitrogens with zero attached hydrogens (tertiary/aromatic N) is 2. The van der Waals surface area contributed by atoms with Gasteiger partial charge in [-0.05, 0) is 41.7 Å². The van der Waals surface area contributed by atoms with Crippen LogP contribution in [0.3, 0.4) is 0 Å². The van der Waals surface area contributed by atoms with Crippen molar-refractivity contribution >= 4 is 11.5 Å². The van der Waals surface area contributed by atoms with Crippen LogP contribution in [0.4, 0.5) is 5.69 Å². The molecule has 0 amide bonds. The molecule has 0 saturated heterocycles. The van der Waals surface area contributed by atoms with Crippen LogP contribution in [0.1, 0.15) is 38.2 Å². The number of nitriles is 1. The first-order valence-electron chi connectivity index (χ1n) is 11.1. The Labute approximate surface area is 200 Å². The molecule has 2 aromatic carbocycles. The number of ether oxygens (including phenoxy) is 3. The molecule has 176 valence electrons. The van der Waals surface area contributed by atoms with Crippen LogP contribution in [0, 0.1) is 16.7 Å². The van der Waals surface area contributed by atoms with Crippen LogP contribution in [0.25, 0.3) is 0 Å². The van der Waals surface area contributed by atoms with Crippen LogP contribution >= 0.6 is 0 Å². The second-order valence-electron chi connectivity index (χ2n) is 9.27. The van der Waals surface area contributed by atoms with E-state index in [2.05, 4.69) is 19.9 Å². The summed E-state index contributed by atoms with van der Waals surface area (Å²) in [5.41, 5.74) is 9.65. The van der Waals surface area contributed by atoms with Crippen LogP contribution in [0.15, 0.2) is 65.1 Å². The van der Waals surface area contributed by atoms with Crippen molar-refractivity contribution < 1.29 is 19.0 Å². The van der Waals surface area contributed by atoms with E-state index in [0.717, 1.165) is 11.4 Å². The standard InChI is InChI=1S/C27H29N3O4/c1-27(2)13-19-24(20(31)14-27)23(16-11-21(32-3)25(34-5)22(12-16)33-4)18(15-28)26(29)30(19)17-9-7-6-8-10-17/h6-12,23H,13-14,29H2,1-5H3. The molecular weight excluding hydrogens is 430 g/mol. The van der Waals surface area contributed by atoms with Gasteiger partial charge in [-0.1, -0.05) is 32.0 Å². The summed E-state index contributed by atoms with van der Waals surface area (Å²) in [5, 5.41) is 10.3. The zero-order chi connectivity index (χ0) is 24.6. The van der Waals surface area contributed by atoms with E-state index in [-0.39, 0.29) is 11.2 Å². The molecule has 34 heavy (non-hydrogen) atoms. The van der Waals surface area contributed by atoms with Crippen LogP contribution in [0.5, 0.6) is 17.2 Å². The molecule has 7 nitrogen and oxygen atoms in total. The largest absolute Gasteiger partial charge is 0.493 e. The van der Waals surface area contributed by atoms with Crippen molar-refractivity contribution in [2.24, 2.45) is 11.1 Å². The fourth-order valence-corrected chi connectivity index (χ4v) is 4.98. The number of carbonyl (C=O) groups is 1. The highest BCUT2D eigenvalue weighted by atomic mass is 16.5. The predicted octanol–water partition coefficient (Wildman–Crippen LogP) is 4.65. The van der Waals surface area contributed by atoms with Gasteiger partial charge in [0.2, 0.25) is 5.75 Å². The van der Waals surface area contributed by atoms with Crippen LogP contribution in [-0.2, 0) is 4.79 Å². The number of hydrogen-bond donors (Lipinski definition) is 1. The van der Waals surface area contributed by atoms with Crippen molar-refractivity contribution in [3.05, 3.63) is 70.7 Å². The summed E-state index contributed by atoms with van der Waals surface area (Å²) in [5.74, 6) is 1.02. The summed E-state index contributed by atoms with van der Waals surface area (Å²) in [7, 11) is 4.60. The van der Waals surface area contributed by atoms with E-state index in [1.165, 1.54) is 21.3 Å². The van der Waals surface area contributed by atoms with Gasteiger partial charge in [-0.25, -0.2) is 0 Å². The van der Waals surface area contributed by atoms with Gasteiger partial charge in [0, 0.05) is 23.4 Å². The topological polar surface area (TPSA) is 97.8 Å². The van der Waals surface area contributed by atoms with Crippen molar-refractivity contribution in [2.45, 2.75) is 32.6 Å². The molecule has 0 fully saturated rings. The molecule has 1 heterocycles. The lowest BCUT2D eigenvalue weighted by molar-refractivity contribution is -0.118. The Morgan fingerprint density at radius 1 is 1.03 bits per heavy atom.